The van der Waals surface area contributed by atoms with Crippen LogP contribution in [-0.2, 0) is 9.57 Å². The van der Waals surface area contributed by atoms with E-state index in [4.69, 9.17) is 9.57 Å². The second-order valence-electron chi connectivity index (χ2n) is 2.81. The van der Waals surface area contributed by atoms with Gasteiger partial charge in [0.15, 0.2) is 0 Å². The Morgan fingerprint density at radius 2 is 2.50 bits per heavy atom. The van der Waals surface area contributed by atoms with E-state index in [0.29, 0.717) is 12.0 Å². The van der Waals surface area contributed by atoms with Gasteiger partial charge < -0.3 is 9.57 Å². The molecular formula is C7H11NO2. The summed E-state index contributed by atoms with van der Waals surface area (Å²) in [5.41, 5.74) is 0. The number of methoxy groups -OCH3 is 1. The van der Waals surface area contributed by atoms with Crippen LogP contribution in [0.1, 0.15) is 19.3 Å². The Morgan fingerprint density at radius 1 is 1.60 bits per heavy atom. The zero-order valence-electron chi connectivity index (χ0n) is 6.04. The van der Waals surface area contributed by atoms with Gasteiger partial charge in [-0.15, -0.1) is 0 Å². The van der Waals surface area contributed by atoms with Gasteiger partial charge in [0.2, 0.25) is 5.90 Å². The number of nitrogens with zero attached hydrogens (tertiary/aromatic N) is 1. The molecule has 1 fully saturated rings. The van der Waals surface area contributed by atoms with E-state index in [2.05, 4.69) is 5.16 Å². The first kappa shape index (κ1) is 6.01. The number of ether oxygens (including phenoxy) is 1. The number of fused-ring (bicyclic) bond motifs is 1. The third-order valence-corrected chi connectivity index (χ3v) is 2.26. The van der Waals surface area contributed by atoms with E-state index < -0.39 is 0 Å². The molecular weight excluding hydrogens is 130 g/mol. The summed E-state index contributed by atoms with van der Waals surface area (Å²) < 4.78 is 5.05. The maximum absolute atomic E-state index is 5.14. The molecule has 0 spiro atoms. The van der Waals surface area contributed by atoms with Crippen molar-refractivity contribution in [3.63, 3.8) is 0 Å². The Hall–Kier alpha value is -0.730. The minimum Gasteiger partial charge on any atom is -0.482 e. The van der Waals surface area contributed by atoms with Crippen LogP contribution in [0.25, 0.3) is 0 Å². The molecule has 10 heavy (non-hydrogen) atoms. The summed E-state index contributed by atoms with van der Waals surface area (Å²) in [5.74, 6) is 1.26. The van der Waals surface area contributed by atoms with E-state index in [1.54, 1.807) is 7.11 Å². The fraction of sp³-hybridized carbons (Fsp3) is 0.857. The van der Waals surface area contributed by atoms with E-state index >= 15 is 0 Å². The van der Waals surface area contributed by atoms with Gasteiger partial charge in [-0.05, 0) is 19.3 Å². The average molecular weight is 141 g/mol. The molecule has 2 atom stereocenters. The van der Waals surface area contributed by atoms with Gasteiger partial charge in [-0.25, -0.2) is 0 Å². The van der Waals surface area contributed by atoms with Gasteiger partial charge in [0.25, 0.3) is 0 Å². The number of rotatable bonds is 0. The Bertz CT molecular complexity index is 167. The molecule has 3 nitrogen and oxygen atoms in total. The lowest BCUT2D eigenvalue weighted by molar-refractivity contribution is 0.0745. The van der Waals surface area contributed by atoms with Gasteiger partial charge in [0.1, 0.15) is 6.10 Å². The minimum atomic E-state index is 0.329. The molecule has 0 N–H and O–H groups in total. The van der Waals surface area contributed by atoms with Crippen LogP contribution in [0.4, 0.5) is 0 Å². The molecule has 1 aliphatic carbocycles. The van der Waals surface area contributed by atoms with Crippen LogP contribution < -0.4 is 0 Å². The highest BCUT2D eigenvalue weighted by molar-refractivity contribution is 5.80. The van der Waals surface area contributed by atoms with Crippen LogP contribution in [0.2, 0.25) is 0 Å². The van der Waals surface area contributed by atoms with Crippen molar-refractivity contribution in [2.24, 2.45) is 11.1 Å². The van der Waals surface area contributed by atoms with Crippen LogP contribution in [0.15, 0.2) is 5.16 Å². The van der Waals surface area contributed by atoms with E-state index in [-0.39, 0.29) is 0 Å². The lowest BCUT2D eigenvalue weighted by atomic mass is 10.1. The fourth-order valence-corrected chi connectivity index (χ4v) is 1.71. The van der Waals surface area contributed by atoms with Crippen LogP contribution in [0, 0.1) is 5.92 Å². The quantitative estimate of drug-likeness (QED) is 0.506. The summed E-state index contributed by atoms with van der Waals surface area (Å²) in [4.78, 5) is 5.14. The maximum Gasteiger partial charge on any atom is 0.232 e. The van der Waals surface area contributed by atoms with E-state index in [1.165, 1.54) is 12.8 Å². The maximum atomic E-state index is 5.14. The van der Waals surface area contributed by atoms with Gasteiger partial charge >= 0.3 is 0 Å². The van der Waals surface area contributed by atoms with Crippen molar-refractivity contribution < 1.29 is 9.57 Å². The fourth-order valence-electron chi connectivity index (χ4n) is 1.71. The van der Waals surface area contributed by atoms with E-state index in [0.717, 1.165) is 12.3 Å². The third-order valence-electron chi connectivity index (χ3n) is 2.26. The van der Waals surface area contributed by atoms with Crippen LogP contribution in [0.5, 0.6) is 0 Å². The summed E-state index contributed by atoms with van der Waals surface area (Å²) in [5, 5.41) is 3.83. The van der Waals surface area contributed by atoms with Crippen molar-refractivity contribution in [1.29, 1.82) is 0 Å². The second-order valence-corrected chi connectivity index (χ2v) is 2.81. The molecule has 1 aliphatic heterocycles. The molecule has 2 rings (SSSR count). The lowest BCUT2D eigenvalue weighted by Gasteiger charge is -2.05. The molecule has 2 aliphatic rings. The summed E-state index contributed by atoms with van der Waals surface area (Å²) >= 11 is 0. The molecule has 1 saturated carbocycles. The highest BCUT2D eigenvalue weighted by Crippen LogP contribution is 2.33. The molecule has 3 heteroatoms. The Labute approximate surface area is 60.0 Å². The third kappa shape index (κ3) is 0.696. The average Bonchev–Trinajstić information content (AvgIpc) is 2.44. The normalized spacial score (nSPS) is 36.7. The Balaban J connectivity index is 2.10. The van der Waals surface area contributed by atoms with Gasteiger partial charge in [-0.3, -0.25) is 0 Å². The van der Waals surface area contributed by atoms with Crippen molar-refractivity contribution >= 4 is 5.90 Å². The highest BCUT2D eigenvalue weighted by atomic mass is 16.7. The van der Waals surface area contributed by atoms with Crippen molar-refractivity contribution in [1.82, 2.24) is 0 Å². The van der Waals surface area contributed by atoms with Crippen LogP contribution in [0.3, 0.4) is 0 Å². The number of hydrogen-bond acceptors (Lipinski definition) is 3. The summed E-state index contributed by atoms with van der Waals surface area (Å²) in [7, 11) is 1.66. The van der Waals surface area contributed by atoms with Crippen molar-refractivity contribution in [3.05, 3.63) is 0 Å². The number of oxime groups is 1. The molecule has 0 aromatic rings. The first-order chi connectivity index (χ1) is 4.92. The predicted molar refractivity (Wildman–Crippen MR) is 36.7 cm³/mol. The second kappa shape index (κ2) is 2.15. The summed E-state index contributed by atoms with van der Waals surface area (Å²) in [6, 6.07) is 0. The molecule has 0 bridgehead atoms. The Kier molecular flexibility index (Phi) is 1.29. The first-order valence-corrected chi connectivity index (χ1v) is 3.69. The molecule has 0 amide bonds. The molecule has 1 heterocycles. The summed E-state index contributed by atoms with van der Waals surface area (Å²) in [6.07, 6.45) is 3.89. The largest absolute Gasteiger partial charge is 0.482 e. The lowest BCUT2D eigenvalue weighted by Crippen LogP contribution is -2.17. The monoisotopic (exact) mass is 141 g/mol. The molecule has 56 valence electrons. The van der Waals surface area contributed by atoms with Crippen molar-refractivity contribution in [3.8, 4) is 0 Å². The standard InChI is InChI=1S/C7H11NO2/c1-9-7-5-3-2-4-6(5)10-8-7/h5-6H,2-4H2,1H3. The molecule has 2 unspecified atom stereocenters. The first-order valence-electron chi connectivity index (χ1n) is 3.69. The zero-order valence-corrected chi connectivity index (χ0v) is 6.04. The molecule has 0 saturated heterocycles. The SMILES string of the molecule is COC1=NOC2CCCC12. The van der Waals surface area contributed by atoms with Gasteiger partial charge in [-0.2, -0.15) is 0 Å². The summed E-state index contributed by atoms with van der Waals surface area (Å²) in [6.45, 7) is 0. The van der Waals surface area contributed by atoms with Crippen molar-refractivity contribution in [2.75, 3.05) is 7.11 Å². The van der Waals surface area contributed by atoms with Gasteiger partial charge in [0.05, 0.1) is 13.0 Å². The minimum absolute atomic E-state index is 0.329. The van der Waals surface area contributed by atoms with Crippen LogP contribution >= 0.6 is 0 Å². The topological polar surface area (TPSA) is 30.8 Å². The predicted octanol–water partition coefficient (Wildman–Crippen LogP) is 1.15. The highest BCUT2D eigenvalue weighted by Gasteiger charge is 2.38. The van der Waals surface area contributed by atoms with Crippen LogP contribution in [-0.4, -0.2) is 19.1 Å². The molecule has 0 aromatic carbocycles. The zero-order chi connectivity index (χ0) is 6.97. The van der Waals surface area contributed by atoms with Gasteiger partial charge in [0, 0.05) is 0 Å². The van der Waals surface area contributed by atoms with Gasteiger partial charge in [-0.1, -0.05) is 5.16 Å². The molecule has 0 radical (unpaired) electrons. The van der Waals surface area contributed by atoms with E-state index in [9.17, 15) is 0 Å². The Morgan fingerprint density at radius 3 is 3.30 bits per heavy atom. The van der Waals surface area contributed by atoms with Crippen molar-refractivity contribution in [2.45, 2.75) is 25.4 Å². The smallest absolute Gasteiger partial charge is 0.232 e. The number of hydrogen-bond donors (Lipinski definition) is 0. The molecule has 0 aromatic heterocycles. The van der Waals surface area contributed by atoms with E-state index in [1.807, 2.05) is 0 Å².